The van der Waals surface area contributed by atoms with Crippen molar-refractivity contribution in [1.82, 2.24) is 0 Å². The van der Waals surface area contributed by atoms with Gasteiger partial charge in [-0.1, -0.05) is 60.1 Å². The van der Waals surface area contributed by atoms with Gasteiger partial charge in [0.1, 0.15) is 0 Å². The minimum atomic E-state index is 0.442. The molecule has 0 N–H and O–H groups in total. The van der Waals surface area contributed by atoms with Gasteiger partial charge in [-0.05, 0) is 35.4 Å². The summed E-state index contributed by atoms with van der Waals surface area (Å²) in [5.74, 6) is 0. The van der Waals surface area contributed by atoms with Crippen molar-refractivity contribution >= 4 is 45.9 Å². The van der Waals surface area contributed by atoms with Crippen molar-refractivity contribution in [2.75, 3.05) is 0 Å². The highest BCUT2D eigenvalue weighted by atomic mass is 35.5. The monoisotopic (exact) mass is 310 g/mol. The zero-order chi connectivity index (χ0) is 14.1. The second-order valence-electron chi connectivity index (χ2n) is 3.52. The van der Waals surface area contributed by atoms with E-state index in [0.29, 0.717) is 16.3 Å². The molecule has 0 aromatic heterocycles. The second kappa shape index (κ2) is 8.70. The van der Waals surface area contributed by atoms with Crippen LogP contribution in [0, 0.1) is 0 Å². The van der Waals surface area contributed by atoms with Crippen molar-refractivity contribution in [2.45, 2.75) is 0 Å². The van der Waals surface area contributed by atoms with Crippen LogP contribution in [0.25, 0.3) is 6.08 Å². The van der Waals surface area contributed by atoms with Crippen LogP contribution in [0.5, 0.6) is 0 Å². The molecule has 0 saturated heterocycles. The number of rotatable bonds is 2. The Kier molecular flexibility index (Phi) is 7.19. The topological polar surface area (TPSA) is 17.1 Å². The lowest BCUT2D eigenvalue weighted by Crippen LogP contribution is -1.76. The van der Waals surface area contributed by atoms with Crippen LogP contribution in [0.4, 0.5) is 0 Å². The molecule has 0 spiro atoms. The highest BCUT2D eigenvalue weighted by Crippen LogP contribution is 2.09. The molecule has 19 heavy (non-hydrogen) atoms. The number of benzene rings is 2. The van der Waals surface area contributed by atoms with Crippen LogP contribution in [0.15, 0.2) is 55.1 Å². The van der Waals surface area contributed by atoms with Crippen molar-refractivity contribution in [3.05, 3.63) is 76.3 Å². The fourth-order valence-corrected chi connectivity index (χ4v) is 1.72. The van der Waals surface area contributed by atoms with E-state index < -0.39 is 0 Å². The summed E-state index contributed by atoms with van der Waals surface area (Å²) in [5, 5.41) is 2.98. The molecule has 0 aliphatic rings. The average Bonchev–Trinajstić information content (AvgIpc) is 2.43. The van der Waals surface area contributed by atoms with E-state index in [-0.39, 0.29) is 0 Å². The minimum absolute atomic E-state index is 0.442. The molecule has 0 bridgehead atoms. The predicted molar refractivity (Wildman–Crippen MR) is 86.3 cm³/mol. The van der Waals surface area contributed by atoms with Gasteiger partial charge in [0, 0.05) is 15.4 Å². The lowest BCUT2D eigenvalue weighted by molar-refractivity contribution is 0.701. The summed E-state index contributed by atoms with van der Waals surface area (Å²) < 4.78 is 10.0. The maximum atomic E-state index is 10.0. The van der Waals surface area contributed by atoms with Crippen molar-refractivity contribution in [1.29, 1.82) is 0 Å². The van der Waals surface area contributed by atoms with Gasteiger partial charge in [0.2, 0.25) is 0 Å². The quantitative estimate of drug-likeness (QED) is 0.736. The molecule has 0 fully saturated rings. The van der Waals surface area contributed by atoms with Gasteiger partial charge >= 0.3 is 0 Å². The fraction of sp³-hybridized carbons (Fsp3) is 0. The molecule has 0 aliphatic heterocycles. The van der Waals surface area contributed by atoms with Gasteiger partial charge < -0.3 is 0 Å². The normalized spacial score (nSPS) is 8.95. The molecular weight excluding hydrogens is 299 g/mol. The minimum Gasteiger partial charge on any atom is -0.212 e. The smallest absolute Gasteiger partial charge is 0.0891 e. The Morgan fingerprint density at radius 3 is 1.63 bits per heavy atom. The van der Waals surface area contributed by atoms with Gasteiger partial charge in [0.05, 0.1) is 11.3 Å². The predicted octanol–water partition coefficient (Wildman–Crippen LogP) is 4.69. The van der Waals surface area contributed by atoms with Gasteiger partial charge in [-0.3, -0.25) is 0 Å². The summed E-state index contributed by atoms with van der Waals surface area (Å²) in [4.78, 5) is 0. The molecule has 0 heterocycles. The molecule has 98 valence electrons. The second-order valence-corrected chi connectivity index (χ2v) is 4.82. The fourth-order valence-electron chi connectivity index (χ4n) is 1.20. The van der Waals surface area contributed by atoms with Crippen molar-refractivity contribution in [3.63, 3.8) is 0 Å². The third-order valence-electron chi connectivity index (χ3n) is 2.16. The van der Waals surface area contributed by atoms with Crippen LogP contribution in [0.1, 0.15) is 11.1 Å². The maximum Gasteiger partial charge on any atom is 0.0891 e. The molecule has 0 atom stereocenters. The van der Waals surface area contributed by atoms with Gasteiger partial charge in [-0.25, -0.2) is 4.21 Å². The highest BCUT2D eigenvalue weighted by Gasteiger charge is 1.86. The Morgan fingerprint density at radius 1 is 0.842 bits per heavy atom. The van der Waals surface area contributed by atoms with Crippen molar-refractivity contribution < 1.29 is 4.21 Å². The molecule has 0 saturated carbocycles. The van der Waals surface area contributed by atoms with E-state index in [9.17, 15) is 4.21 Å². The molecule has 0 radical (unpaired) electrons. The third kappa shape index (κ3) is 6.39. The Morgan fingerprint density at radius 2 is 1.26 bits per heavy atom. The molecule has 0 unspecified atom stereocenters. The van der Waals surface area contributed by atoms with Crippen LogP contribution in [0.2, 0.25) is 10.0 Å². The zero-order valence-electron chi connectivity index (χ0n) is 10.1. The van der Waals surface area contributed by atoms with Gasteiger partial charge in [-0.2, -0.15) is 0 Å². The average molecular weight is 311 g/mol. The molecule has 0 amide bonds. The Bertz CT molecular complexity index is 570. The van der Waals surface area contributed by atoms with Crippen molar-refractivity contribution in [2.24, 2.45) is 0 Å². The van der Waals surface area contributed by atoms with E-state index in [0.717, 1.165) is 16.1 Å². The van der Waals surface area contributed by atoms with Gasteiger partial charge in [-0.15, -0.1) is 0 Å². The number of hydrogen-bond donors (Lipinski definition) is 0. The van der Waals surface area contributed by atoms with E-state index in [1.807, 2.05) is 24.3 Å². The van der Waals surface area contributed by atoms with Gasteiger partial charge in [0.15, 0.2) is 0 Å². The first-order valence-corrected chi connectivity index (χ1v) is 6.97. The number of hydrogen-bond acceptors (Lipinski definition) is 1. The first-order valence-electron chi connectivity index (χ1n) is 5.41. The maximum absolute atomic E-state index is 10.0. The van der Waals surface area contributed by atoms with Crippen LogP contribution >= 0.6 is 23.2 Å². The van der Waals surface area contributed by atoms with Crippen molar-refractivity contribution in [3.8, 4) is 0 Å². The number of halogens is 2. The Hall–Kier alpha value is -1.35. The first kappa shape index (κ1) is 15.7. The summed E-state index contributed by atoms with van der Waals surface area (Å²) in [6.45, 7) is 3.62. The summed E-state index contributed by atoms with van der Waals surface area (Å²) in [5.41, 5.74) is 1.99. The lowest BCUT2D eigenvalue weighted by atomic mass is 10.2. The van der Waals surface area contributed by atoms with Gasteiger partial charge in [0.25, 0.3) is 0 Å². The van der Waals surface area contributed by atoms with E-state index in [1.54, 1.807) is 30.3 Å². The molecular formula is C15H12Cl2OS. The largest absolute Gasteiger partial charge is 0.212 e. The molecule has 0 aliphatic carbocycles. The summed E-state index contributed by atoms with van der Waals surface area (Å²) in [6, 6.07) is 14.6. The molecule has 1 nitrogen and oxygen atoms in total. The molecule has 2 rings (SSSR count). The summed E-state index contributed by atoms with van der Waals surface area (Å²) in [6.07, 6.45) is 1.79. The van der Waals surface area contributed by atoms with E-state index in [2.05, 4.69) is 6.58 Å². The Balaban J connectivity index is 0.000000191. The lowest BCUT2D eigenvalue weighted by Gasteiger charge is -1.89. The summed E-state index contributed by atoms with van der Waals surface area (Å²) >= 11 is 11.7. The molecule has 2 aromatic rings. The third-order valence-corrected chi connectivity index (χ3v) is 3.03. The first-order chi connectivity index (χ1) is 9.15. The van der Waals surface area contributed by atoms with Crippen LogP contribution in [-0.2, 0) is 11.3 Å². The van der Waals surface area contributed by atoms with Crippen LogP contribution in [0.3, 0.4) is 0 Å². The molecule has 2 aromatic carbocycles. The SMILES string of the molecule is C=Cc1ccc(Cl)cc1.O=S=Cc1ccc(Cl)cc1. The van der Waals surface area contributed by atoms with E-state index in [4.69, 9.17) is 23.2 Å². The van der Waals surface area contributed by atoms with E-state index in [1.165, 1.54) is 5.37 Å². The Labute approximate surface area is 126 Å². The summed E-state index contributed by atoms with van der Waals surface area (Å²) in [7, 11) is 0. The van der Waals surface area contributed by atoms with E-state index >= 15 is 0 Å². The highest BCUT2D eigenvalue weighted by molar-refractivity contribution is 7.65. The standard InChI is InChI=1S/C8H7Cl.C7H5ClOS/c1-2-7-3-5-8(9)6-4-7;8-7-3-1-6(2-4-7)5-10-9/h2-6H,1H2;1-5H. The van der Waals surface area contributed by atoms with Crippen LogP contribution < -0.4 is 0 Å². The molecule has 4 heteroatoms. The van der Waals surface area contributed by atoms with Crippen LogP contribution in [-0.4, -0.2) is 9.58 Å². The zero-order valence-corrected chi connectivity index (χ0v) is 12.4.